The van der Waals surface area contributed by atoms with E-state index in [9.17, 15) is 14.4 Å². The molecule has 2 aromatic carbocycles. The molecule has 3 N–H and O–H groups in total. The quantitative estimate of drug-likeness (QED) is 0.647. The van der Waals surface area contributed by atoms with Crippen LogP contribution in [0.5, 0.6) is 0 Å². The maximum Gasteiger partial charge on any atom is 0.407 e. The predicted molar refractivity (Wildman–Crippen MR) is 113 cm³/mol. The number of carboxylic acids is 1. The van der Waals surface area contributed by atoms with Gasteiger partial charge >= 0.3 is 12.1 Å². The van der Waals surface area contributed by atoms with Crippen LogP contribution in [-0.4, -0.2) is 42.3 Å². The smallest absolute Gasteiger partial charge is 0.407 e. The summed E-state index contributed by atoms with van der Waals surface area (Å²) in [6.07, 6.45) is 0.545. The summed E-state index contributed by atoms with van der Waals surface area (Å²) < 4.78 is 5.52. The normalized spacial score (nSPS) is 18.5. The maximum absolute atomic E-state index is 12.3. The van der Waals surface area contributed by atoms with Crippen LogP contribution in [-0.2, 0) is 14.3 Å². The van der Waals surface area contributed by atoms with Gasteiger partial charge in [0.25, 0.3) is 0 Å². The Morgan fingerprint density at radius 1 is 1.00 bits per heavy atom. The van der Waals surface area contributed by atoms with E-state index in [4.69, 9.17) is 9.84 Å². The largest absolute Gasteiger partial charge is 0.472 e. The van der Waals surface area contributed by atoms with Crippen molar-refractivity contribution >= 4 is 18.0 Å². The highest BCUT2D eigenvalue weighted by atomic mass is 16.5. The van der Waals surface area contributed by atoms with Crippen molar-refractivity contribution in [1.29, 1.82) is 0 Å². The van der Waals surface area contributed by atoms with E-state index in [0.29, 0.717) is 12.8 Å². The van der Waals surface area contributed by atoms with Crippen molar-refractivity contribution in [2.75, 3.05) is 13.2 Å². The molecule has 0 aromatic heterocycles. The number of rotatable bonds is 5. The highest BCUT2D eigenvalue weighted by Gasteiger charge is 2.36. The highest BCUT2D eigenvalue weighted by molar-refractivity contribution is 5.86. The average molecular weight is 418 g/mol. The van der Waals surface area contributed by atoms with Crippen molar-refractivity contribution in [3.05, 3.63) is 59.7 Å². The van der Waals surface area contributed by atoms with Crippen LogP contribution in [0.4, 0.5) is 4.79 Å². The first-order valence-corrected chi connectivity index (χ1v) is 10.1. The number of fused-ring (bicyclic) bond motifs is 3. The van der Waals surface area contributed by atoms with E-state index < -0.39 is 12.1 Å². The first-order valence-electron chi connectivity index (χ1n) is 10.1. The minimum Gasteiger partial charge on any atom is -0.472 e. The summed E-state index contributed by atoms with van der Waals surface area (Å²) in [6, 6.07) is 16.2. The molecule has 0 heterocycles. The first kappa shape index (κ1) is 20.5. The zero-order valence-corrected chi connectivity index (χ0v) is 16.8. The topological polar surface area (TPSA) is 105 Å². The van der Waals surface area contributed by atoms with Crippen molar-refractivity contribution in [1.82, 2.24) is 10.6 Å². The fraction of sp³-hybridized carbons (Fsp3) is 0.292. The van der Waals surface area contributed by atoms with E-state index in [-0.39, 0.29) is 36.9 Å². The Kier molecular flexibility index (Phi) is 5.89. The van der Waals surface area contributed by atoms with Gasteiger partial charge in [-0.2, -0.15) is 0 Å². The molecule has 1 fully saturated rings. The first-order chi connectivity index (χ1) is 15.0. The molecular weight excluding hydrogens is 396 g/mol. The van der Waals surface area contributed by atoms with E-state index in [2.05, 4.69) is 40.8 Å². The van der Waals surface area contributed by atoms with Gasteiger partial charge in [-0.15, -0.1) is 0 Å². The van der Waals surface area contributed by atoms with Crippen molar-refractivity contribution in [3.8, 4) is 23.0 Å². The Hall–Kier alpha value is -3.79. The standard InChI is InChI=1S/C24H22N2O5/c27-22(28)10-5-11-25-23(29)15-12-16(13-15)26-24(30)31-14-21-19-8-3-1-6-17(19)18-7-2-4-9-20(18)21/h1-4,6-9,15-16,21H,11-14H2,(H,25,29)(H,26,30)(H,27,28). The van der Waals surface area contributed by atoms with E-state index in [1.165, 1.54) is 11.1 Å². The number of ether oxygens (including phenoxy) is 1. The van der Waals surface area contributed by atoms with Gasteiger partial charge < -0.3 is 20.5 Å². The number of carbonyl (C=O) groups excluding carboxylic acids is 2. The minimum atomic E-state index is -1.23. The molecule has 7 heteroatoms. The lowest BCUT2D eigenvalue weighted by Gasteiger charge is -2.34. The Morgan fingerprint density at radius 2 is 1.61 bits per heavy atom. The van der Waals surface area contributed by atoms with Crippen LogP contribution in [0, 0.1) is 17.8 Å². The van der Waals surface area contributed by atoms with Crippen LogP contribution < -0.4 is 10.6 Å². The molecule has 31 heavy (non-hydrogen) atoms. The molecule has 0 radical (unpaired) electrons. The molecule has 2 aliphatic rings. The third kappa shape index (κ3) is 4.53. The molecule has 4 rings (SSSR count). The molecule has 2 aromatic rings. The molecule has 0 bridgehead atoms. The summed E-state index contributed by atoms with van der Waals surface area (Å²) in [4.78, 5) is 34.5. The molecular formula is C24H22N2O5. The van der Waals surface area contributed by atoms with Gasteiger partial charge in [-0.25, -0.2) is 9.59 Å². The third-order valence-electron chi connectivity index (χ3n) is 5.72. The summed E-state index contributed by atoms with van der Waals surface area (Å²) >= 11 is 0. The summed E-state index contributed by atoms with van der Waals surface area (Å²) in [5.41, 5.74) is 4.66. The van der Waals surface area contributed by atoms with Crippen LogP contribution in [0.15, 0.2) is 48.5 Å². The number of amides is 2. The monoisotopic (exact) mass is 418 g/mol. The average Bonchev–Trinajstić information content (AvgIpc) is 3.05. The van der Waals surface area contributed by atoms with Gasteiger partial charge in [-0.1, -0.05) is 54.5 Å². The maximum atomic E-state index is 12.3. The van der Waals surface area contributed by atoms with E-state index >= 15 is 0 Å². The number of hydrogen-bond donors (Lipinski definition) is 3. The number of alkyl carbamates (subject to hydrolysis) is 1. The van der Waals surface area contributed by atoms with Gasteiger partial charge in [-0.05, 0) is 35.1 Å². The minimum absolute atomic E-state index is 0.00461. The van der Waals surface area contributed by atoms with Crippen molar-refractivity contribution < 1.29 is 24.2 Å². The van der Waals surface area contributed by atoms with Gasteiger partial charge in [0, 0.05) is 23.8 Å². The van der Waals surface area contributed by atoms with Gasteiger partial charge in [0.15, 0.2) is 0 Å². The van der Waals surface area contributed by atoms with Crippen molar-refractivity contribution in [2.24, 2.45) is 5.92 Å². The van der Waals surface area contributed by atoms with Crippen molar-refractivity contribution in [2.45, 2.75) is 24.8 Å². The second kappa shape index (κ2) is 8.92. The lowest BCUT2D eigenvalue weighted by molar-refractivity contribution is -0.130. The van der Waals surface area contributed by atoms with E-state index in [1.807, 2.05) is 30.2 Å². The lowest BCUT2D eigenvalue weighted by Crippen LogP contribution is -2.49. The molecule has 0 spiro atoms. The number of nitrogens with one attached hydrogen (secondary N) is 2. The Morgan fingerprint density at radius 3 is 2.23 bits per heavy atom. The van der Waals surface area contributed by atoms with Crippen molar-refractivity contribution in [3.63, 3.8) is 0 Å². The van der Waals surface area contributed by atoms with E-state index in [1.54, 1.807) is 0 Å². The zero-order valence-electron chi connectivity index (χ0n) is 16.8. The third-order valence-corrected chi connectivity index (χ3v) is 5.72. The van der Waals surface area contributed by atoms with Gasteiger partial charge in [0.1, 0.15) is 6.61 Å². The molecule has 1 saturated carbocycles. The number of hydrogen-bond acceptors (Lipinski definition) is 4. The Balaban J connectivity index is 1.24. The van der Waals surface area contributed by atoms with Gasteiger partial charge in [0.05, 0.1) is 6.54 Å². The molecule has 0 saturated heterocycles. The predicted octanol–water partition coefficient (Wildman–Crippen LogP) is 2.51. The summed E-state index contributed by atoms with van der Waals surface area (Å²) in [5, 5.41) is 13.8. The van der Waals surface area contributed by atoms with Crippen LogP contribution in [0.2, 0.25) is 0 Å². The summed E-state index contributed by atoms with van der Waals surface area (Å²) in [6.45, 7) is 0.241. The van der Waals surface area contributed by atoms with E-state index in [0.717, 1.165) is 11.1 Å². The molecule has 0 atom stereocenters. The lowest BCUT2D eigenvalue weighted by atomic mass is 9.79. The summed E-state index contributed by atoms with van der Waals surface area (Å²) in [7, 11) is 0. The molecule has 7 nitrogen and oxygen atoms in total. The van der Waals surface area contributed by atoms with Gasteiger partial charge in [0.2, 0.25) is 5.91 Å². The Bertz CT molecular complexity index is 1030. The fourth-order valence-electron chi connectivity index (χ4n) is 4.15. The Labute approximate surface area is 179 Å². The molecule has 2 amide bonds. The van der Waals surface area contributed by atoms with Crippen LogP contribution in [0.1, 0.15) is 29.9 Å². The number of carboxylic acid groups (broad SMARTS) is 1. The molecule has 0 aliphatic heterocycles. The fourth-order valence-corrected chi connectivity index (χ4v) is 4.15. The molecule has 0 unspecified atom stereocenters. The zero-order chi connectivity index (χ0) is 21.8. The number of carbonyl (C=O) groups is 3. The highest BCUT2D eigenvalue weighted by Crippen LogP contribution is 2.44. The molecule has 2 aliphatic carbocycles. The van der Waals surface area contributed by atoms with Gasteiger partial charge in [-0.3, -0.25) is 4.79 Å². The second-order valence-corrected chi connectivity index (χ2v) is 7.66. The SMILES string of the molecule is O=C(O)C#CCNC(=O)C1CC(NC(=O)OCC2c3ccccc3-c3ccccc32)C1. The number of aliphatic carboxylic acids is 1. The van der Waals surface area contributed by atoms with Crippen LogP contribution in [0.25, 0.3) is 11.1 Å². The van der Waals surface area contributed by atoms with Crippen LogP contribution in [0.3, 0.4) is 0 Å². The second-order valence-electron chi connectivity index (χ2n) is 7.66. The molecule has 158 valence electrons. The van der Waals surface area contributed by atoms with Crippen LogP contribution >= 0.6 is 0 Å². The number of benzene rings is 2. The summed E-state index contributed by atoms with van der Waals surface area (Å²) in [5.74, 6) is 2.65.